The zero-order chi connectivity index (χ0) is 10.0. The maximum absolute atomic E-state index is 3.27. The third-order valence-corrected chi connectivity index (χ3v) is 2.78. The lowest BCUT2D eigenvalue weighted by Crippen LogP contribution is -2.13. The van der Waals surface area contributed by atoms with Crippen molar-refractivity contribution in [2.24, 2.45) is 0 Å². The Morgan fingerprint density at radius 1 is 1.00 bits per heavy atom. The first-order valence-electron chi connectivity index (χ1n) is 4.81. The number of nitrogens with one attached hydrogen (secondary N) is 1. The Balaban J connectivity index is 3.15. The van der Waals surface area contributed by atoms with Crippen molar-refractivity contribution in [3.05, 3.63) is 34.4 Å². The van der Waals surface area contributed by atoms with Crippen molar-refractivity contribution in [1.82, 2.24) is 5.32 Å². The number of aryl methyl sites for hydroxylation is 3. The largest absolute Gasteiger partial charge is 0.313 e. The van der Waals surface area contributed by atoms with Gasteiger partial charge in [-0.2, -0.15) is 0 Å². The fraction of sp³-hybridized carbons (Fsp3) is 0.500. The van der Waals surface area contributed by atoms with Crippen LogP contribution in [0, 0.1) is 20.8 Å². The van der Waals surface area contributed by atoms with Gasteiger partial charge in [0.2, 0.25) is 0 Å². The minimum Gasteiger partial charge on any atom is -0.313 e. The van der Waals surface area contributed by atoms with Gasteiger partial charge in [-0.25, -0.2) is 0 Å². The van der Waals surface area contributed by atoms with Crippen LogP contribution in [-0.2, 0) is 0 Å². The van der Waals surface area contributed by atoms with Gasteiger partial charge in [-0.3, -0.25) is 0 Å². The van der Waals surface area contributed by atoms with Crippen molar-refractivity contribution >= 4 is 0 Å². The lowest BCUT2D eigenvalue weighted by atomic mass is 9.97. The van der Waals surface area contributed by atoms with Gasteiger partial charge in [-0.15, -0.1) is 0 Å². The van der Waals surface area contributed by atoms with Gasteiger partial charge in [0.25, 0.3) is 0 Å². The molecule has 0 aliphatic carbocycles. The van der Waals surface area contributed by atoms with E-state index in [1.54, 1.807) is 0 Å². The van der Waals surface area contributed by atoms with Gasteiger partial charge in [0.1, 0.15) is 0 Å². The molecule has 1 aromatic carbocycles. The van der Waals surface area contributed by atoms with Gasteiger partial charge >= 0.3 is 0 Å². The molecular formula is C12H19N. The van der Waals surface area contributed by atoms with Crippen molar-refractivity contribution < 1.29 is 0 Å². The lowest BCUT2D eigenvalue weighted by Gasteiger charge is -2.15. The van der Waals surface area contributed by atoms with Crippen molar-refractivity contribution in [1.29, 1.82) is 0 Å². The zero-order valence-corrected chi connectivity index (χ0v) is 9.23. The minimum absolute atomic E-state index is 0.444. The molecule has 0 saturated heterocycles. The molecule has 0 aliphatic rings. The molecule has 1 heteroatoms. The number of benzene rings is 1. The van der Waals surface area contributed by atoms with Gasteiger partial charge < -0.3 is 5.32 Å². The predicted molar refractivity (Wildman–Crippen MR) is 58.1 cm³/mol. The van der Waals surface area contributed by atoms with Crippen molar-refractivity contribution in [2.75, 3.05) is 7.05 Å². The van der Waals surface area contributed by atoms with Gasteiger partial charge in [0, 0.05) is 6.04 Å². The Labute approximate surface area is 81.2 Å². The van der Waals surface area contributed by atoms with E-state index in [0.717, 1.165) is 0 Å². The highest BCUT2D eigenvalue weighted by Crippen LogP contribution is 2.20. The summed E-state index contributed by atoms with van der Waals surface area (Å²) in [7, 11) is 2.00. The maximum Gasteiger partial charge on any atom is 0.0291 e. The third kappa shape index (κ3) is 2.10. The van der Waals surface area contributed by atoms with E-state index in [0.29, 0.717) is 6.04 Å². The molecule has 1 aromatic rings. The van der Waals surface area contributed by atoms with Crippen LogP contribution in [0.4, 0.5) is 0 Å². The molecule has 13 heavy (non-hydrogen) atoms. The van der Waals surface area contributed by atoms with E-state index >= 15 is 0 Å². The van der Waals surface area contributed by atoms with Crippen LogP contribution in [0.2, 0.25) is 0 Å². The summed E-state index contributed by atoms with van der Waals surface area (Å²) in [5.41, 5.74) is 5.54. The second-order valence-corrected chi connectivity index (χ2v) is 3.80. The molecule has 0 radical (unpaired) electrons. The van der Waals surface area contributed by atoms with E-state index in [4.69, 9.17) is 0 Å². The highest BCUT2D eigenvalue weighted by atomic mass is 14.9. The van der Waals surface area contributed by atoms with Gasteiger partial charge in [0.15, 0.2) is 0 Å². The van der Waals surface area contributed by atoms with Crippen LogP contribution in [0.3, 0.4) is 0 Å². The first kappa shape index (κ1) is 10.3. The summed E-state index contributed by atoms with van der Waals surface area (Å²) < 4.78 is 0. The summed E-state index contributed by atoms with van der Waals surface area (Å²) in [5, 5.41) is 3.27. The summed E-state index contributed by atoms with van der Waals surface area (Å²) in [6, 6.07) is 4.99. The molecule has 0 aliphatic heterocycles. The van der Waals surface area contributed by atoms with E-state index in [9.17, 15) is 0 Å². The average Bonchev–Trinajstić information content (AvgIpc) is 2.10. The Morgan fingerprint density at radius 3 is 2.08 bits per heavy atom. The van der Waals surface area contributed by atoms with E-state index < -0.39 is 0 Å². The molecule has 72 valence electrons. The first-order chi connectivity index (χ1) is 6.06. The molecule has 1 nitrogen and oxygen atoms in total. The quantitative estimate of drug-likeness (QED) is 0.732. The van der Waals surface area contributed by atoms with Crippen LogP contribution in [0.15, 0.2) is 12.1 Å². The Bertz CT molecular complexity index is 302. The number of hydrogen-bond acceptors (Lipinski definition) is 1. The number of rotatable bonds is 2. The van der Waals surface area contributed by atoms with E-state index in [1.807, 2.05) is 7.05 Å². The maximum atomic E-state index is 3.27. The summed E-state index contributed by atoms with van der Waals surface area (Å²) in [4.78, 5) is 0. The van der Waals surface area contributed by atoms with E-state index in [2.05, 4.69) is 45.1 Å². The predicted octanol–water partition coefficient (Wildman–Crippen LogP) is 2.89. The molecule has 0 spiro atoms. The standard InChI is InChI=1S/C12H19N/c1-8-6-10(3)12(7-9(8)2)11(4)13-5/h6-7,11,13H,1-5H3. The molecule has 1 unspecified atom stereocenters. The molecule has 1 atom stereocenters. The first-order valence-corrected chi connectivity index (χ1v) is 4.81. The molecule has 0 amide bonds. The molecule has 0 aromatic heterocycles. The van der Waals surface area contributed by atoms with Crippen molar-refractivity contribution in [3.63, 3.8) is 0 Å². The SMILES string of the molecule is CNC(C)c1cc(C)c(C)cc1C. The van der Waals surface area contributed by atoms with Gasteiger partial charge in [-0.05, 0) is 57.0 Å². The average molecular weight is 177 g/mol. The van der Waals surface area contributed by atoms with Gasteiger partial charge in [-0.1, -0.05) is 12.1 Å². The van der Waals surface area contributed by atoms with Crippen LogP contribution in [-0.4, -0.2) is 7.05 Å². The zero-order valence-electron chi connectivity index (χ0n) is 9.23. The molecule has 0 fully saturated rings. The Hall–Kier alpha value is -0.820. The Kier molecular flexibility index (Phi) is 3.10. The summed E-state index contributed by atoms with van der Waals surface area (Å²) in [6.07, 6.45) is 0. The molecule has 0 heterocycles. The molecule has 1 rings (SSSR count). The highest BCUT2D eigenvalue weighted by molar-refractivity contribution is 5.37. The topological polar surface area (TPSA) is 12.0 Å². The lowest BCUT2D eigenvalue weighted by molar-refractivity contribution is 0.647. The summed E-state index contributed by atoms with van der Waals surface area (Å²) in [5.74, 6) is 0. The van der Waals surface area contributed by atoms with Crippen molar-refractivity contribution in [3.8, 4) is 0 Å². The minimum atomic E-state index is 0.444. The van der Waals surface area contributed by atoms with Gasteiger partial charge in [0.05, 0.1) is 0 Å². The monoisotopic (exact) mass is 177 g/mol. The number of hydrogen-bond donors (Lipinski definition) is 1. The van der Waals surface area contributed by atoms with Crippen LogP contribution in [0.5, 0.6) is 0 Å². The normalized spacial score (nSPS) is 13.0. The van der Waals surface area contributed by atoms with Crippen LogP contribution in [0.25, 0.3) is 0 Å². The Morgan fingerprint density at radius 2 is 1.54 bits per heavy atom. The van der Waals surface area contributed by atoms with Crippen molar-refractivity contribution in [2.45, 2.75) is 33.7 Å². The summed E-state index contributed by atoms with van der Waals surface area (Å²) in [6.45, 7) is 8.70. The molecular weight excluding hydrogens is 158 g/mol. The fourth-order valence-electron chi connectivity index (χ4n) is 1.60. The van der Waals surface area contributed by atoms with Crippen LogP contribution in [0.1, 0.15) is 35.2 Å². The van der Waals surface area contributed by atoms with E-state index in [-0.39, 0.29) is 0 Å². The second kappa shape index (κ2) is 3.93. The second-order valence-electron chi connectivity index (χ2n) is 3.80. The summed E-state index contributed by atoms with van der Waals surface area (Å²) >= 11 is 0. The van der Waals surface area contributed by atoms with Crippen LogP contribution < -0.4 is 5.32 Å². The van der Waals surface area contributed by atoms with E-state index in [1.165, 1.54) is 22.3 Å². The molecule has 0 bridgehead atoms. The highest BCUT2D eigenvalue weighted by Gasteiger charge is 2.07. The van der Waals surface area contributed by atoms with Crippen LogP contribution >= 0.6 is 0 Å². The molecule has 1 N–H and O–H groups in total. The fourth-order valence-corrected chi connectivity index (χ4v) is 1.60. The smallest absolute Gasteiger partial charge is 0.0291 e. The third-order valence-electron chi connectivity index (χ3n) is 2.78. The molecule has 0 saturated carbocycles.